The number of nitrogens with two attached hydrogens (primary N) is 1. The van der Waals surface area contributed by atoms with Crippen molar-refractivity contribution in [2.75, 3.05) is 13.1 Å². The maximum absolute atomic E-state index is 12.7. The molecule has 2 atom stereocenters. The van der Waals surface area contributed by atoms with Crippen LogP contribution in [0.3, 0.4) is 0 Å². The fourth-order valence-electron chi connectivity index (χ4n) is 3.44. The van der Waals surface area contributed by atoms with Gasteiger partial charge >= 0.3 is 0 Å². The van der Waals surface area contributed by atoms with Crippen LogP contribution in [-0.2, 0) is 11.3 Å². The lowest BCUT2D eigenvalue weighted by molar-refractivity contribution is -0.128. The van der Waals surface area contributed by atoms with Gasteiger partial charge in [0.1, 0.15) is 0 Å². The number of piperidine rings is 1. The second-order valence-electron chi connectivity index (χ2n) is 6.73. The van der Waals surface area contributed by atoms with Gasteiger partial charge in [-0.15, -0.1) is 0 Å². The molecule has 3 N–H and O–H groups in total. The Morgan fingerprint density at radius 2 is 1.76 bits per heavy atom. The molecule has 1 heterocycles. The fourth-order valence-corrected chi connectivity index (χ4v) is 3.44. The van der Waals surface area contributed by atoms with Crippen molar-refractivity contribution in [2.24, 2.45) is 5.73 Å². The third-order valence-electron chi connectivity index (χ3n) is 4.87. The van der Waals surface area contributed by atoms with Crippen LogP contribution in [0.15, 0.2) is 60.7 Å². The van der Waals surface area contributed by atoms with Crippen molar-refractivity contribution in [3.05, 3.63) is 71.8 Å². The lowest BCUT2D eigenvalue weighted by Gasteiger charge is -2.35. The van der Waals surface area contributed by atoms with Crippen LogP contribution in [0.25, 0.3) is 0 Å². The van der Waals surface area contributed by atoms with Crippen LogP contribution in [0.2, 0.25) is 0 Å². The van der Waals surface area contributed by atoms with E-state index in [1.807, 2.05) is 48.5 Å². The summed E-state index contributed by atoms with van der Waals surface area (Å²) in [6, 6.07) is 20.0. The SMILES string of the molecule is NC(CNC(=O)C1CCCCN1Cc1ccccc1)c1ccccc1. The molecule has 1 aliphatic heterocycles. The van der Waals surface area contributed by atoms with Crippen molar-refractivity contribution in [2.45, 2.75) is 37.9 Å². The summed E-state index contributed by atoms with van der Waals surface area (Å²) in [6.45, 7) is 2.26. The van der Waals surface area contributed by atoms with Crippen LogP contribution in [0.1, 0.15) is 36.4 Å². The molecule has 3 rings (SSSR count). The highest BCUT2D eigenvalue weighted by Gasteiger charge is 2.28. The van der Waals surface area contributed by atoms with E-state index in [4.69, 9.17) is 5.73 Å². The van der Waals surface area contributed by atoms with E-state index in [1.54, 1.807) is 0 Å². The number of carbonyl (C=O) groups is 1. The highest BCUT2D eigenvalue weighted by Crippen LogP contribution is 2.20. The first-order valence-electron chi connectivity index (χ1n) is 9.10. The summed E-state index contributed by atoms with van der Waals surface area (Å²) in [5.74, 6) is 0.0991. The van der Waals surface area contributed by atoms with Crippen molar-refractivity contribution in [3.63, 3.8) is 0 Å². The maximum Gasteiger partial charge on any atom is 0.237 e. The molecule has 1 saturated heterocycles. The normalized spacial score (nSPS) is 19.3. The lowest BCUT2D eigenvalue weighted by atomic mass is 10.00. The summed E-state index contributed by atoms with van der Waals surface area (Å²) in [4.78, 5) is 15.0. The van der Waals surface area contributed by atoms with Crippen LogP contribution < -0.4 is 11.1 Å². The number of nitrogens with one attached hydrogen (secondary N) is 1. The molecule has 0 spiro atoms. The van der Waals surface area contributed by atoms with Crippen molar-refractivity contribution in [1.82, 2.24) is 10.2 Å². The van der Waals surface area contributed by atoms with Gasteiger partial charge in [-0.3, -0.25) is 9.69 Å². The van der Waals surface area contributed by atoms with Crippen molar-refractivity contribution < 1.29 is 4.79 Å². The Bertz CT molecular complexity index is 659. The molecule has 0 bridgehead atoms. The third-order valence-corrected chi connectivity index (χ3v) is 4.87. The quantitative estimate of drug-likeness (QED) is 0.852. The predicted octanol–water partition coefficient (Wildman–Crippen LogP) is 2.86. The van der Waals surface area contributed by atoms with Crippen molar-refractivity contribution in [1.29, 1.82) is 0 Å². The zero-order valence-electron chi connectivity index (χ0n) is 14.6. The van der Waals surface area contributed by atoms with Crippen LogP contribution in [-0.4, -0.2) is 29.9 Å². The molecule has 1 fully saturated rings. The van der Waals surface area contributed by atoms with E-state index in [0.29, 0.717) is 6.54 Å². The molecule has 1 amide bonds. The second-order valence-corrected chi connectivity index (χ2v) is 6.73. The second kappa shape index (κ2) is 8.79. The van der Waals surface area contributed by atoms with Crippen LogP contribution >= 0.6 is 0 Å². The van der Waals surface area contributed by atoms with E-state index >= 15 is 0 Å². The lowest BCUT2D eigenvalue weighted by Crippen LogP contribution is -2.50. The van der Waals surface area contributed by atoms with Gasteiger partial charge in [0.05, 0.1) is 6.04 Å². The van der Waals surface area contributed by atoms with Crippen LogP contribution in [0.4, 0.5) is 0 Å². The first kappa shape index (κ1) is 17.6. The molecule has 132 valence electrons. The first-order valence-corrected chi connectivity index (χ1v) is 9.10. The van der Waals surface area contributed by atoms with Crippen LogP contribution in [0.5, 0.6) is 0 Å². The average Bonchev–Trinajstić information content (AvgIpc) is 2.68. The fraction of sp³-hybridized carbons (Fsp3) is 0.381. The number of nitrogens with zero attached hydrogens (tertiary/aromatic N) is 1. The highest BCUT2D eigenvalue weighted by atomic mass is 16.2. The Hall–Kier alpha value is -2.17. The summed E-state index contributed by atoms with van der Waals surface area (Å²) in [5.41, 5.74) is 8.50. The van der Waals surface area contributed by atoms with Gasteiger partial charge < -0.3 is 11.1 Å². The molecule has 0 saturated carbocycles. The molecule has 4 nitrogen and oxygen atoms in total. The highest BCUT2D eigenvalue weighted by molar-refractivity contribution is 5.81. The number of rotatable bonds is 6. The van der Waals surface area contributed by atoms with Gasteiger partial charge in [0, 0.05) is 19.1 Å². The number of carbonyl (C=O) groups excluding carboxylic acids is 1. The number of amides is 1. The first-order chi connectivity index (χ1) is 12.2. The zero-order valence-corrected chi connectivity index (χ0v) is 14.6. The van der Waals surface area contributed by atoms with E-state index in [9.17, 15) is 4.79 Å². The van der Waals surface area contributed by atoms with Gasteiger partial charge in [-0.05, 0) is 30.5 Å². The summed E-state index contributed by atoms with van der Waals surface area (Å²) in [5, 5.41) is 3.06. The monoisotopic (exact) mass is 337 g/mol. The zero-order chi connectivity index (χ0) is 17.5. The van der Waals surface area contributed by atoms with Gasteiger partial charge in [-0.25, -0.2) is 0 Å². The summed E-state index contributed by atoms with van der Waals surface area (Å²) >= 11 is 0. The number of likely N-dealkylation sites (tertiary alicyclic amines) is 1. The molecule has 4 heteroatoms. The van der Waals surface area contributed by atoms with E-state index < -0.39 is 0 Å². The van der Waals surface area contributed by atoms with Crippen LogP contribution in [0, 0.1) is 0 Å². The maximum atomic E-state index is 12.7. The molecular weight excluding hydrogens is 310 g/mol. The minimum absolute atomic E-state index is 0.0584. The Morgan fingerprint density at radius 3 is 2.48 bits per heavy atom. The van der Waals surface area contributed by atoms with Gasteiger partial charge in [-0.2, -0.15) is 0 Å². The Morgan fingerprint density at radius 1 is 1.08 bits per heavy atom. The molecular formula is C21H27N3O. The molecule has 2 aromatic carbocycles. The van der Waals surface area contributed by atoms with Gasteiger partial charge in [0.15, 0.2) is 0 Å². The molecule has 0 radical (unpaired) electrons. The molecule has 25 heavy (non-hydrogen) atoms. The van der Waals surface area contributed by atoms with E-state index in [-0.39, 0.29) is 18.0 Å². The predicted molar refractivity (Wildman–Crippen MR) is 101 cm³/mol. The topological polar surface area (TPSA) is 58.4 Å². The Kier molecular flexibility index (Phi) is 6.20. The van der Waals surface area contributed by atoms with Crippen molar-refractivity contribution >= 4 is 5.91 Å². The molecule has 0 aromatic heterocycles. The van der Waals surface area contributed by atoms with Gasteiger partial charge in [-0.1, -0.05) is 67.1 Å². The molecule has 1 aliphatic rings. The smallest absolute Gasteiger partial charge is 0.237 e. The third kappa shape index (κ3) is 4.91. The Balaban J connectivity index is 1.57. The Labute approximate surface area is 150 Å². The largest absolute Gasteiger partial charge is 0.353 e. The molecule has 0 aliphatic carbocycles. The standard InChI is InChI=1S/C21H27N3O/c22-19(18-11-5-2-6-12-18)15-23-21(25)20-13-7-8-14-24(20)16-17-9-3-1-4-10-17/h1-6,9-12,19-20H,7-8,13-16,22H2,(H,23,25). The van der Waals surface area contributed by atoms with Crippen molar-refractivity contribution in [3.8, 4) is 0 Å². The molecule has 2 aromatic rings. The number of hydrogen-bond acceptors (Lipinski definition) is 3. The number of hydrogen-bond donors (Lipinski definition) is 2. The summed E-state index contributed by atoms with van der Waals surface area (Å²) in [6.07, 6.45) is 3.17. The minimum Gasteiger partial charge on any atom is -0.353 e. The van der Waals surface area contributed by atoms with E-state index in [0.717, 1.165) is 37.9 Å². The average molecular weight is 337 g/mol. The molecule has 2 unspecified atom stereocenters. The van der Waals surface area contributed by atoms with E-state index in [1.165, 1.54) is 5.56 Å². The minimum atomic E-state index is -0.170. The summed E-state index contributed by atoms with van der Waals surface area (Å²) < 4.78 is 0. The number of benzene rings is 2. The van der Waals surface area contributed by atoms with Gasteiger partial charge in [0.2, 0.25) is 5.91 Å². The van der Waals surface area contributed by atoms with Gasteiger partial charge in [0.25, 0.3) is 0 Å². The summed E-state index contributed by atoms with van der Waals surface area (Å²) in [7, 11) is 0. The van der Waals surface area contributed by atoms with E-state index in [2.05, 4.69) is 22.3 Å².